The van der Waals surface area contributed by atoms with Gasteiger partial charge in [-0.05, 0) is 42.5 Å². The second-order valence-electron chi connectivity index (χ2n) is 7.21. The maximum absolute atomic E-state index is 12.5. The van der Waals surface area contributed by atoms with Crippen molar-refractivity contribution in [1.29, 1.82) is 0 Å². The summed E-state index contributed by atoms with van der Waals surface area (Å²) in [5.41, 5.74) is 1.33. The standard InChI is InChI=1S/C19H21ClN6O3S2/c1-11(27)21-6-7-24-31(28,29)17-5-4-15(30-17)19-23-10-14(20)18(26-19)25-16-8-13(9-22-16)12-2-3-12/h4-5,8,10,12,24H,2-3,6-7,9H2,1H3,(H,21,27)(H,22,23,25,26). The lowest BCUT2D eigenvalue weighted by molar-refractivity contribution is -0.118. The van der Waals surface area contributed by atoms with Crippen LogP contribution in [0.2, 0.25) is 5.02 Å². The number of nitrogens with zero attached hydrogens (tertiary/aromatic N) is 3. The molecule has 1 aliphatic carbocycles. The first-order valence-electron chi connectivity index (χ1n) is 9.70. The van der Waals surface area contributed by atoms with Gasteiger partial charge in [0.1, 0.15) is 15.1 Å². The third-order valence-corrected chi connectivity index (χ3v) is 8.01. The van der Waals surface area contributed by atoms with Gasteiger partial charge in [0.05, 0.1) is 17.6 Å². The second-order valence-corrected chi connectivity index (χ2v) is 10.7. The number of nitrogens with one attached hydrogen (secondary N) is 3. The first-order chi connectivity index (χ1) is 14.8. The summed E-state index contributed by atoms with van der Waals surface area (Å²) in [5.74, 6) is 1.93. The van der Waals surface area contributed by atoms with E-state index in [9.17, 15) is 13.2 Å². The predicted octanol–water partition coefficient (Wildman–Crippen LogP) is 2.43. The molecule has 12 heteroatoms. The quantitative estimate of drug-likeness (QED) is 0.498. The average Bonchev–Trinajstić information content (AvgIpc) is 3.25. The molecule has 9 nitrogen and oxygen atoms in total. The highest BCUT2D eigenvalue weighted by Crippen LogP contribution is 2.38. The minimum Gasteiger partial charge on any atom is -0.355 e. The summed E-state index contributed by atoms with van der Waals surface area (Å²) in [6.07, 6.45) is 5.96. The summed E-state index contributed by atoms with van der Waals surface area (Å²) < 4.78 is 27.5. The summed E-state index contributed by atoms with van der Waals surface area (Å²) in [6.45, 7) is 2.38. The van der Waals surface area contributed by atoms with Crippen LogP contribution >= 0.6 is 22.9 Å². The Hall–Kier alpha value is -2.34. The largest absolute Gasteiger partial charge is 0.355 e. The highest BCUT2D eigenvalue weighted by atomic mass is 35.5. The van der Waals surface area contributed by atoms with Crippen LogP contribution in [0, 0.1) is 5.92 Å². The summed E-state index contributed by atoms with van der Waals surface area (Å²) in [5, 5.41) is 6.03. The van der Waals surface area contributed by atoms with Gasteiger partial charge in [0.15, 0.2) is 11.6 Å². The van der Waals surface area contributed by atoms with E-state index in [1.54, 1.807) is 6.07 Å². The molecule has 3 N–H and O–H groups in total. The van der Waals surface area contributed by atoms with Crippen molar-refractivity contribution in [2.45, 2.75) is 24.0 Å². The van der Waals surface area contributed by atoms with Crippen molar-refractivity contribution in [2.75, 3.05) is 25.0 Å². The maximum Gasteiger partial charge on any atom is 0.250 e. The molecule has 31 heavy (non-hydrogen) atoms. The van der Waals surface area contributed by atoms with Crippen molar-refractivity contribution in [1.82, 2.24) is 20.0 Å². The number of hydrogen-bond acceptors (Lipinski definition) is 8. The third kappa shape index (κ3) is 5.48. The van der Waals surface area contributed by atoms with Crippen molar-refractivity contribution in [3.63, 3.8) is 0 Å². The molecule has 3 heterocycles. The Labute approximate surface area is 189 Å². The Kier molecular flexibility index (Phi) is 6.37. The Morgan fingerprint density at radius 2 is 2.10 bits per heavy atom. The monoisotopic (exact) mass is 480 g/mol. The molecule has 0 unspecified atom stereocenters. The van der Waals surface area contributed by atoms with Gasteiger partial charge in [-0.25, -0.2) is 23.1 Å². The number of carbonyl (C=O) groups is 1. The van der Waals surface area contributed by atoms with Gasteiger partial charge in [-0.2, -0.15) is 0 Å². The fourth-order valence-corrected chi connectivity index (χ4v) is 5.46. The molecule has 1 amide bonds. The normalized spacial score (nSPS) is 16.1. The molecule has 2 aromatic rings. The van der Waals surface area contributed by atoms with Crippen molar-refractivity contribution < 1.29 is 13.2 Å². The molecular formula is C19H21ClN6O3S2. The summed E-state index contributed by atoms with van der Waals surface area (Å²) in [6, 6.07) is 3.15. The van der Waals surface area contributed by atoms with E-state index in [-0.39, 0.29) is 23.2 Å². The number of amidine groups is 1. The summed E-state index contributed by atoms with van der Waals surface area (Å²) in [4.78, 5) is 24.7. The van der Waals surface area contributed by atoms with Gasteiger partial charge < -0.3 is 10.6 Å². The Morgan fingerprint density at radius 3 is 2.84 bits per heavy atom. The van der Waals surface area contributed by atoms with Crippen molar-refractivity contribution in [3.05, 3.63) is 35.0 Å². The zero-order valence-corrected chi connectivity index (χ0v) is 19.1. The lowest BCUT2D eigenvalue weighted by atomic mass is 10.2. The zero-order chi connectivity index (χ0) is 22.0. The second kappa shape index (κ2) is 9.03. The molecule has 2 aliphatic rings. The van der Waals surface area contributed by atoms with E-state index in [1.165, 1.54) is 37.6 Å². The highest BCUT2D eigenvalue weighted by Gasteiger charge is 2.28. The molecule has 1 fully saturated rings. The van der Waals surface area contributed by atoms with Crippen LogP contribution in [-0.2, 0) is 14.8 Å². The molecule has 1 saturated carbocycles. The zero-order valence-electron chi connectivity index (χ0n) is 16.7. The first kappa shape index (κ1) is 21.9. The number of carbonyl (C=O) groups excluding carboxylic acids is 1. The van der Waals surface area contributed by atoms with Crippen LogP contribution < -0.4 is 15.4 Å². The lowest BCUT2D eigenvalue weighted by Crippen LogP contribution is -2.33. The molecule has 164 valence electrons. The van der Waals surface area contributed by atoms with Gasteiger partial charge in [-0.15, -0.1) is 11.3 Å². The molecule has 4 rings (SSSR count). The van der Waals surface area contributed by atoms with Crippen LogP contribution in [0.15, 0.2) is 39.2 Å². The Morgan fingerprint density at radius 1 is 1.29 bits per heavy atom. The smallest absolute Gasteiger partial charge is 0.250 e. The molecule has 0 bridgehead atoms. The highest BCUT2D eigenvalue weighted by molar-refractivity contribution is 7.91. The first-order valence-corrected chi connectivity index (χ1v) is 12.4. The van der Waals surface area contributed by atoms with Gasteiger partial charge >= 0.3 is 0 Å². The van der Waals surface area contributed by atoms with E-state index < -0.39 is 10.0 Å². The number of thiophene rings is 1. The summed E-state index contributed by atoms with van der Waals surface area (Å²) >= 11 is 7.30. The SMILES string of the molecule is CC(=O)NCCNS(=O)(=O)c1ccc(-c2ncc(Cl)c(NC3=NCC(C4CC4)=C3)n2)s1. The number of rotatable bonds is 8. The predicted molar refractivity (Wildman–Crippen MR) is 121 cm³/mol. The van der Waals surface area contributed by atoms with Gasteiger partial charge in [-0.1, -0.05) is 11.6 Å². The van der Waals surface area contributed by atoms with Crippen LogP contribution in [0.4, 0.5) is 5.82 Å². The molecule has 2 aromatic heterocycles. The number of hydrogen-bond donors (Lipinski definition) is 3. The third-order valence-electron chi connectivity index (χ3n) is 4.70. The number of aromatic nitrogens is 2. The Balaban J connectivity index is 1.46. The molecule has 0 spiro atoms. The molecular weight excluding hydrogens is 460 g/mol. The molecule has 0 aromatic carbocycles. The van der Waals surface area contributed by atoms with Crippen LogP contribution in [0.3, 0.4) is 0 Å². The van der Waals surface area contributed by atoms with E-state index in [2.05, 4.69) is 30.3 Å². The van der Waals surface area contributed by atoms with Crippen molar-refractivity contribution >= 4 is 50.5 Å². The van der Waals surface area contributed by atoms with E-state index in [0.29, 0.717) is 39.8 Å². The molecule has 0 radical (unpaired) electrons. The van der Waals surface area contributed by atoms with Crippen LogP contribution in [0.25, 0.3) is 10.7 Å². The summed E-state index contributed by atoms with van der Waals surface area (Å²) in [7, 11) is -3.70. The molecule has 1 aliphatic heterocycles. The van der Waals surface area contributed by atoms with E-state index in [0.717, 1.165) is 11.3 Å². The fraction of sp³-hybridized carbons (Fsp3) is 0.368. The number of anilines is 1. The topological polar surface area (TPSA) is 125 Å². The van der Waals surface area contributed by atoms with Crippen LogP contribution in [0.5, 0.6) is 0 Å². The Bertz CT molecular complexity index is 1170. The van der Waals surface area contributed by atoms with E-state index >= 15 is 0 Å². The minimum atomic E-state index is -3.70. The van der Waals surface area contributed by atoms with E-state index in [4.69, 9.17) is 11.6 Å². The maximum atomic E-state index is 12.5. The van der Waals surface area contributed by atoms with Crippen LogP contribution in [-0.4, -0.2) is 49.8 Å². The number of amides is 1. The van der Waals surface area contributed by atoms with Gasteiger partial charge in [0.25, 0.3) is 0 Å². The van der Waals surface area contributed by atoms with Crippen molar-refractivity contribution in [3.8, 4) is 10.7 Å². The van der Waals surface area contributed by atoms with Gasteiger partial charge in [0.2, 0.25) is 15.9 Å². The van der Waals surface area contributed by atoms with E-state index in [1.807, 2.05) is 6.08 Å². The lowest BCUT2D eigenvalue weighted by Gasteiger charge is -2.07. The molecule has 0 saturated heterocycles. The van der Waals surface area contributed by atoms with Crippen LogP contribution in [0.1, 0.15) is 19.8 Å². The average molecular weight is 481 g/mol. The fourth-order valence-electron chi connectivity index (χ4n) is 2.99. The van der Waals surface area contributed by atoms with Crippen molar-refractivity contribution in [2.24, 2.45) is 10.9 Å². The number of aliphatic imine (C=N–C) groups is 1. The molecule has 0 atom stereocenters. The number of halogens is 1. The number of sulfonamides is 1. The minimum absolute atomic E-state index is 0.0964. The van der Waals surface area contributed by atoms with Gasteiger partial charge in [-0.3, -0.25) is 9.79 Å². The van der Waals surface area contributed by atoms with Gasteiger partial charge in [0, 0.05) is 20.0 Å².